The van der Waals surface area contributed by atoms with E-state index in [1.807, 2.05) is 61.5 Å². The third kappa shape index (κ3) is 19.8. The molecule has 0 aromatic heterocycles. The average molecular weight is 1300 g/mol. The molecule has 12 rings (SSSR count). The summed E-state index contributed by atoms with van der Waals surface area (Å²) in [6.45, 7) is 17.4. The second-order valence-electron chi connectivity index (χ2n) is 24.2. The monoisotopic (exact) mass is 1300 g/mol. The van der Waals surface area contributed by atoms with Gasteiger partial charge in [0.2, 0.25) is 0 Å². The molecule has 3 N–H and O–H groups in total. The number of piperazine rings is 3. The Bertz CT molecular complexity index is 3450. The molecule has 486 valence electrons. The number of halogens is 3. The second-order valence-corrected chi connectivity index (χ2v) is 25.4. The first kappa shape index (κ1) is 68.0. The maximum atomic E-state index is 9.46. The van der Waals surface area contributed by atoms with Crippen LogP contribution in [0.4, 0.5) is 17.1 Å². The van der Waals surface area contributed by atoms with E-state index in [2.05, 4.69) is 181 Å². The number of nitrogens with one attached hydrogen (secondary N) is 1. The minimum absolute atomic E-state index is 0.0540. The number of rotatable bonds is 21. The summed E-state index contributed by atoms with van der Waals surface area (Å²) in [5, 5.41) is 24.3. The van der Waals surface area contributed by atoms with Crippen molar-refractivity contribution in [2.24, 2.45) is 0 Å². The Morgan fingerprint density at radius 2 is 0.859 bits per heavy atom. The second kappa shape index (κ2) is 34.9. The number of anilines is 3. The van der Waals surface area contributed by atoms with Crippen LogP contribution in [-0.4, -0.2) is 130 Å². The maximum absolute atomic E-state index is 9.46. The van der Waals surface area contributed by atoms with Crippen LogP contribution >= 0.6 is 34.8 Å². The van der Waals surface area contributed by atoms with Gasteiger partial charge in [-0.2, -0.15) is 0 Å². The van der Waals surface area contributed by atoms with Crippen LogP contribution in [0.2, 0.25) is 15.1 Å². The van der Waals surface area contributed by atoms with E-state index in [1.165, 1.54) is 27.8 Å². The third-order valence-electron chi connectivity index (χ3n) is 16.9. The van der Waals surface area contributed by atoms with Crippen molar-refractivity contribution >= 4 is 51.9 Å². The Balaban J connectivity index is 0.000000155. The molecule has 16 heteroatoms. The van der Waals surface area contributed by atoms with Crippen LogP contribution in [0.5, 0.6) is 17.2 Å². The predicted octanol–water partition coefficient (Wildman–Crippen LogP) is 15.1. The predicted molar refractivity (Wildman–Crippen MR) is 374 cm³/mol. The molecule has 4 aliphatic rings. The molecule has 4 heterocycles. The van der Waals surface area contributed by atoms with E-state index < -0.39 is 12.2 Å². The molecule has 0 saturated carbocycles. The number of benzene rings is 8. The van der Waals surface area contributed by atoms with E-state index in [9.17, 15) is 10.2 Å². The van der Waals surface area contributed by atoms with Crippen molar-refractivity contribution in [3.05, 3.63) is 249 Å². The molecular formula is C76H89Cl3N6O7. The first-order chi connectivity index (χ1) is 44.9. The minimum atomic E-state index is -0.515. The highest BCUT2D eigenvalue weighted by Crippen LogP contribution is 2.40. The summed E-state index contributed by atoms with van der Waals surface area (Å²) in [4.78, 5) is 12.2. The van der Waals surface area contributed by atoms with Crippen LogP contribution in [0.1, 0.15) is 86.0 Å². The molecule has 7 atom stereocenters. The molecular weight excluding hydrogens is 1220 g/mol. The summed E-state index contributed by atoms with van der Waals surface area (Å²) in [5.41, 5.74) is 9.60. The van der Waals surface area contributed by atoms with Crippen molar-refractivity contribution in [1.82, 2.24) is 15.1 Å². The molecule has 4 saturated heterocycles. The number of nitrogens with zero attached hydrogens (tertiary/aromatic N) is 5. The van der Waals surface area contributed by atoms with Gasteiger partial charge in [-0.15, -0.1) is 0 Å². The summed E-state index contributed by atoms with van der Waals surface area (Å²) in [6.07, 6.45) is 2.03. The Morgan fingerprint density at radius 3 is 1.25 bits per heavy atom. The third-order valence-corrected chi connectivity index (χ3v) is 17.8. The van der Waals surface area contributed by atoms with Crippen molar-refractivity contribution in [3.63, 3.8) is 0 Å². The van der Waals surface area contributed by atoms with Crippen LogP contribution < -0.4 is 34.2 Å². The van der Waals surface area contributed by atoms with E-state index in [1.54, 1.807) is 13.8 Å². The largest absolute Gasteiger partial charge is 0.491 e. The molecule has 0 aliphatic carbocycles. The average Bonchev–Trinajstić information content (AvgIpc) is 0.838. The highest BCUT2D eigenvalue weighted by Gasteiger charge is 2.32. The van der Waals surface area contributed by atoms with Crippen molar-refractivity contribution < 1.29 is 33.9 Å². The van der Waals surface area contributed by atoms with Gasteiger partial charge in [-0.1, -0.05) is 186 Å². The smallest absolute Gasteiger partial charge is 0.158 e. The Kier molecular flexibility index (Phi) is 25.8. The number of aliphatic hydroxyl groups excluding tert-OH is 2. The molecule has 0 bridgehead atoms. The van der Waals surface area contributed by atoms with Gasteiger partial charge >= 0.3 is 0 Å². The van der Waals surface area contributed by atoms with Gasteiger partial charge in [0.25, 0.3) is 0 Å². The van der Waals surface area contributed by atoms with Gasteiger partial charge in [-0.3, -0.25) is 9.80 Å². The fraction of sp³-hybridized carbons (Fsp3) is 0.368. The lowest BCUT2D eigenvalue weighted by Crippen LogP contribution is -2.48. The van der Waals surface area contributed by atoms with Crippen molar-refractivity contribution in [2.45, 2.75) is 95.9 Å². The van der Waals surface area contributed by atoms with Crippen molar-refractivity contribution in [3.8, 4) is 17.2 Å². The van der Waals surface area contributed by atoms with Gasteiger partial charge in [0, 0.05) is 96.8 Å². The Hall–Kier alpha value is -6.85. The summed E-state index contributed by atoms with van der Waals surface area (Å²) in [5.74, 6) is 2.11. The van der Waals surface area contributed by atoms with E-state index in [-0.39, 0.29) is 43.7 Å². The van der Waals surface area contributed by atoms with Crippen molar-refractivity contribution in [1.29, 1.82) is 0 Å². The van der Waals surface area contributed by atoms with Crippen LogP contribution in [-0.2, 0) is 22.6 Å². The van der Waals surface area contributed by atoms with Gasteiger partial charge in [0.1, 0.15) is 37.1 Å². The van der Waals surface area contributed by atoms with Crippen LogP contribution in [0.25, 0.3) is 0 Å². The van der Waals surface area contributed by atoms with E-state index in [0.717, 1.165) is 121 Å². The molecule has 13 nitrogen and oxygen atoms in total. The summed E-state index contributed by atoms with van der Waals surface area (Å²) in [7, 11) is 0. The fourth-order valence-corrected chi connectivity index (χ4v) is 13.1. The number of ether oxygens (including phenoxy) is 5. The quantitative estimate of drug-likeness (QED) is 0.0635. The standard InChI is InChI=1S/C31H37ClN2O3.C26H29ClN2O2.C19H23ClN2O2/c1-24(37-31-14-8-9-19-35-31)23-36-27-15-16-29(28(32)20-27)34-18-17-33(21-25-10-4-2-5-11-25)22-30(34)26-12-6-3-7-13-26;1-20(30)19-31-23-12-13-25(24(27)16-23)29-15-14-28(17-21-8-4-2-5-9-21)18-26(29)22-10-6-3-7-11-22;1-14(23)13-24-16-7-8-18(17(20)11-16)22-10-9-21-12-19(22)15-5-3-2-4-6-15/h2-7,10-13,15-16,20,24,30-31H,8-9,14,17-19,21-23H2,1H3;2-13,16,20,26,30H,14-15,17-19H2,1H3;2-8,11,14,19,21,23H,9-10,12-13H2,1H3/t24-,30+,31?;20-,26-;14-,19-/m100/s1. The lowest BCUT2D eigenvalue weighted by atomic mass is 10.0. The van der Waals surface area contributed by atoms with Crippen LogP contribution in [0.15, 0.2) is 206 Å². The topological polar surface area (TPSA) is 115 Å². The number of hydrogen-bond donors (Lipinski definition) is 3. The van der Waals surface area contributed by atoms with E-state index in [0.29, 0.717) is 33.2 Å². The first-order valence-electron chi connectivity index (χ1n) is 32.5. The fourth-order valence-electron chi connectivity index (χ4n) is 12.3. The van der Waals surface area contributed by atoms with E-state index >= 15 is 0 Å². The molecule has 1 unspecified atom stereocenters. The number of aliphatic hydroxyl groups is 2. The summed E-state index contributed by atoms with van der Waals surface area (Å²) in [6, 6.07) is 71.4. The molecule has 0 amide bonds. The zero-order valence-electron chi connectivity index (χ0n) is 53.2. The lowest BCUT2D eigenvalue weighted by molar-refractivity contribution is -0.189. The van der Waals surface area contributed by atoms with Crippen LogP contribution in [0, 0.1) is 0 Å². The van der Waals surface area contributed by atoms with Gasteiger partial charge in [-0.25, -0.2) is 0 Å². The zero-order valence-corrected chi connectivity index (χ0v) is 55.5. The normalized spacial score (nSPS) is 19.7. The highest BCUT2D eigenvalue weighted by atomic mass is 35.5. The van der Waals surface area contributed by atoms with E-state index in [4.69, 9.17) is 58.5 Å². The molecule has 8 aromatic carbocycles. The lowest BCUT2D eigenvalue weighted by Gasteiger charge is -2.43. The molecule has 4 fully saturated rings. The van der Waals surface area contributed by atoms with Crippen molar-refractivity contribution in [2.75, 3.05) is 100 Å². The summed E-state index contributed by atoms with van der Waals surface area (Å²) >= 11 is 20.1. The van der Waals surface area contributed by atoms with Gasteiger partial charge < -0.3 is 53.9 Å². The Labute approximate surface area is 559 Å². The van der Waals surface area contributed by atoms with Gasteiger partial charge in [-0.05, 0) is 104 Å². The molecule has 0 spiro atoms. The van der Waals surface area contributed by atoms with Gasteiger partial charge in [0.05, 0.1) is 68.6 Å². The van der Waals surface area contributed by atoms with Crippen LogP contribution in [0.3, 0.4) is 0 Å². The molecule has 92 heavy (non-hydrogen) atoms. The SMILES string of the molecule is C[C@H](COc1ccc(N2CCN(Cc3ccccc3)C[C@H]2c2ccccc2)c(Cl)c1)OC1CCCCO1.C[C@H](O)COc1ccc(N2CCN(Cc3ccccc3)C[C@H]2c2ccccc2)c(Cl)c1.C[C@H](O)COc1ccc(N2CCNC[C@H]2c2ccccc2)c(Cl)c1. The maximum Gasteiger partial charge on any atom is 0.158 e. The molecule has 0 radical (unpaired) electrons. The molecule has 8 aromatic rings. The first-order valence-corrected chi connectivity index (χ1v) is 33.6. The molecule has 4 aliphatic heterocycles. The number of hydrogen-bond acceptors (Lipinski definition) is 13. The Morgan fingerprint density at radius 1 is 0.467 bits per heavy atom. The summed E-state index contributed by atoms with van der Waals surface area (Å²) < 4.78 is 28.9. The highest BCUT2D eigenvalue weighted by molar-refractivity contribution is 6.34. The zero-order chi connectivity index (χ0) is 64.0. The minimum Gasteiger partial charge on any atom is -0.491 e. The van der Waals surface area contributed by atoms with Gasteiger partial charge in [0.15, 0.2) is 6.29 Å².